The number of rotatable bonds is 6. The van der Waals surface area contributed by atoms with E-state index < -0.39 is 6.23 Å². The van der Waals surface area contributed by atoms with Crippen molar-refractivity contribution in [3.63, 3.8) is 0 Å². The van der Waals surface area contributed by atoms with E-state index in [1.54, 1.807) is 12.1 Å². The Morgan fingerprint density at radius 3 is 2.77 bits per heavy atom. The van der Waals surface area contributed by atoms with Crippen molar-refractivity contribution < 1.29 is 9.50 Å². The van der Waals surface area contributed by atoms with E-state index in [9.17, 15) is 9.50 Å². The summed E-state index contributed by atoms with van der Waals surface area (Å²) < 4.78 is 14.3. The minimum atomic E-state index is -0.886. The van der Waals surface area contributed by atoms with Crippen molar-refractivity contribution in [2.45, 2.75) is 32.5 Å². The first-order valence-corrected chi connectivity index (χ1v) is 7.79. The van der Waals surface area contributed by atoms with Gasteiger partial charge in [0.15, 0.2) is 0 Å². The number of hydrogen-bond donors (Lipinski definition) is 3. The lowest BCUT2D eigenvalue weighted by molar-refractivity contribution is 0.119. The first-order chi connectivity index (χ1) is 10.5. The highest BCUT2D eigenvalue weighted by molar-refractivity contribution is 5.67. The van der Waals surface area contributed by atoms with Crippen LogP contribution in [0.2, 0.25) is 0 Å². The van der Waals surface area contributed by atoms with Gasteiger partial charge in [-0.3, -0.25) is 5.32 Å². The molecule has 0 spiro atoms. The van der Waals surface area contributed by atoms with Crippen LogP contribution < -0.4 is 10.6 Å². The zero-order chi connectivity index (χ0) is 16.1. The Balaban J connectivity index is 2.11. The summed E-state index contributed by atoms with van der Waals surface area (Å²) in [4.78, 5) is 0. The Kier molecular flexibility index (Phi) is 5.89. The molecule has 3 atom stereocenters. The van der Waals surface area contributed by atoms with Crippen LogP contribution in [-0.4, -0.2) is 24.2 Å². The van der Waals surface area contributed by atoms with Gasteiger partial charge in [-0.1, -0.05) is 31.2 Å². The van der Waals surface area contributed by atoms with E-state index in [2.05, 4.69) is 17.2 Å². The van der Waals surface area contributed by atoms with Crippen LogP contribution in [0.25, 0.3) is 5.57 Å². The molecule has 0 saturated heterocycles. The molecule has 1 aromatic carbocycles. The summed E-state index contributed by atoms with van der Waals surface area (Å²) in [5, 5.41) is 16.5. The third kappa shape index (κ3) is 4.03. The monoisotopic (exact) mass is 304 g/mol. The van der Waals surface area contributed by atoms with Gasteiger partial charge in [-0.2, -0.15) is 0 Å². The Labute approximate surface area is 131 Å². The molecule has 0 amide bonds. The number of nitrogens with one attached hydrogen (secondary N) is 2. The van der Waals surface area contributed by atoms with Crippen LogP contribution in [0.5, 0.6) is 0 Å². The van der Waals surface area contributed by atoms with Gasteiger partial charge in [0, 0.05) is 18.2 Å². The predicted molar refractivity (Wildman–Crippen MR) is 88.8 cm³/mol. The molecule has 22 heavy (non-hydrogen) atoms. The van der Waals surface area contributed by atoms with Gasteiger partial charge in [-0.25, -0.2) is 4.39 Å². The smallest absolute Gasteiger partial charge is 0.131 e. The molecule has 3 unspecified atom stereocenters. The van der Waals surface area contributed by atoms with E-state index in [1.807, 2.05) is 26.0 Å². The maximum Gasteiger partial charge on any atom is 0.131 e. The average molecular weight is 304 g/mol. The van der Waals surface area contributed by atoms with Crippen molar-refractivity contribution in [3.8, 4) is 0 Å². The fraction of sp³-hybridized carbons (Fsp3) is 0.444. The zero-order valence-electron chi connectivity index (χ0n) is 13.3. The van der Waals surface area contributed by atoms with Crippen molar-refractivity contribution in [1.82, 2.24) is 10.6 Å². The van der Waals surface area contributed by atoms with E-state index in [4.69, 9.17) is 0 Å². The van der Waals surface area contributed by atoms with Gasteiger partial charge in [-0.05, 0) is 43.0 Å². The standard InChI is InChI=1S/C18H25FN2O/c1-4-12(2)13(3)21-18(22)15-5-6-16(17(19)11-15)14-7-9-20-10-8-14/h4-7,11-13,18,20-22H,1,8-10H2,2-3H3. The lowest BCUT2D eigenvalue weighted by Crippen LogP contribution is -2.34. The van der Waals surface area contributed by atoms with Gasteiger partial charge in [0.05, 0.1) is 0 Å². The molecule has 120 valence electrons. The van der Waals surface area contributed by atoms with Gasteiger partial charge in [0.25, 0.3) is 0 Å². The first-order valence-electron chi connectivity index (χ1n) is 7.79. The molecule has 0 radical (unpaired) electrons. The van der Waals surface area contributed by atoms with Gasteiger partial charge < -0.3 is 10.4 Å². The molecule has 1 aliphatic heterocycles. The van der Waals surface area contributed by atoms with E-state index in [1.165, 1.54) is 6.07 Å². The molecular formula is C18H25FN2O. The molecule has 2 rings (SSSR count). The van der Waals surface area contributed by atoms with Crippen LogP contribution in [-0.2, 0) is 0 Å². The number of aliphatic hydroxyl groups is 1. The topological polar surface area (TPSA) is 44.3 Å². The van der Waals surface area contributed by atoms with Crippen LogP contribution in [0.4, 0.5) is 4.39 Å². The van der Waals surface area contributed by atoms with Crippen LogP contribution in [0.15, 0.2) is 36.9 Å². The average Bonchev–Trinajstić information content (AvgIpc) is 2.54. The lowest BCUT2D eigenvalue weighted by Gasteiger charge is -2.23. The van der Waals surface area contributed by atoms with Gasteiger partial charge in [0.1, 0.15) is 12.0 Å². The van der Waals surface area contributed by atoms with Crippen molar-refractivity contribution in [2.24, 2.45) is 5.92 Å². The molecule has 0 saturated carbocycles. The Morgan fingerprint density at radius 1 is 1.41 bits per heavy atom. The molecule has 3 N–H and O–H groups in total. The molecule has 0 aromatic heterocycles. The van der Waals surface area contributed by atoms with E-state index in [0.29, 0.717) is 11.1 Å². The summed E-state index contributed by atoms with van der Waals surface area (Å²) in [7, 11) is 0. The van der Waals surface area contributed by atoms with Crippen LogP contribution in [0.1, 0.15) is 37.6 Å². The van der Waals surface area contributed by atoms with Crippen LogP contribution in [0.3, 0.4) is 0 Å². The fourth-order valence-corrected chi connectivity index (χ4v) is 2.53. The summed E-state index contributed by atoms with van der Waals surface area (Å²) in [6, 6.07) is 5.02. The van der Waals surface area contributed by atoms with Crippen molar-refractivity contribution >= 4 is 5.57 Å². The Bertz CT molecular complexity index is 556. The zero-order valence-corrected chi connectivity index (χ0v) is 13.3. The number of benzene rings is 1. The molecule has 1 heterocycles. The second kappa shape index (κ2) is 7.68. The predicted octanol–water partition coefficient (Wildman–Crippen LogP) is 2.99. The summed E-state index contributed by atoms with van der Waals surface area (Å²) >= 11 is 0. The highest BCUT2D eigenvalue weighted by Crippen LogP contribution is 2.25. The maximum absolute atomic E-state index is 14.3. The fourth-order valence-electron chi connectivity index (χ4n) is 2.53. The summed E-state index contributed by atoms with van der Waals surface area (Å²) in [5.74, 6) is -0.0606. The van der Waals surface area contributed by atoms with Gasteiger partial charge >= 0.3 is 0 Å². The first kappa shape index (κ1) is 16.9. The van der Waals surface area contributed by atoms with Crippen LogP contribution >= 0.6 is 0 Å². The third-order valence-corrected chi connectivity index (χ3v) is 4.30. The van der Waals surface area contributed by atoms with E-state index >= 15 is 0 Å². The number of halogens is 1. The molecule has 3 nitrogen and oxygen atoms in total. The highest BCUT2D eigenvalue weighted by Gasteiger charge is 2.17. The SMILES string of the molecule is C=CC(C)C(C)NC(O)c1ccc(C2=CCNCC2)c(F)c1. The normalized spacial score (nSPS) is 19.2. The molecule has 1 aliphatic rings. The second-order valence-electron chi connectivity index (χ2n) is 5.88. The molecule has 0 aliphatic carbocycles. The molecule has 4 heteroatoms. The van der Waals surface area contributed by atoms with Crippen LogP contribution in [0, 0.1) is 11.7 Å². The molecule has 0 fully saturated rings. The minimum absolute atomic E-state index is 0.0577. The largest absolute Gasteiger partial charge is 0.374 e. The van der Waals surface area contributed by atoms with Gasteiger partial charge in [0.2, 0.25) is 0 Å². The van der Waals surface area contributed by atoms with Crippen molar-refractivity contribution in [2.75, 3.05) is 13.1 Å². The van der Waals surface area contributed by atoms with E-state index in [0.717, 1.165) is 25.1 Å². The molecule has 0 bridgehead atoms. The van der Waals surface area contributed by atoms with Gasteiger partial charge in [-0.15, -0.1) is 6.58 Å². The van der Waals surface area contributed by atoms with E-state index in [-0.39, 0.29) is 17.8 Å². The molecular weight excluding hydrogens is 279 g/mol. The maximum atomic E-state index is 14.3. The Morgan fingerprint density at radius 2 is 2.18 bits per heavy atom. The summed E-state index contributed by atoms with van der Waals surface area (Å²) in [6.07, 6.45) is 3.79. The second-order valence-corrected chi connectivity index (χ2v) is 5.88. The summed E-state index contributed by atoms with van der Waals surface area (Å²) in [5.41, 5.74) is 2.20. The minimum Gasteiger partial charge on any atom is -0.374 e. The lowest BCUT2D eigenvalue weighted by atomic mass is 9.97. The van der Waals surface area contributed by atoms with Crippen molar-refractivity contribution in [1.29, 1.82) is 0 Å². The highest BCUT2D eigenvalue weighted by atomic mass is 19.1. The molecule has 1 aromatic rings. The third-order valence-electron chi connectivity index (χ3n) is 4.30. The Hall–Kier alpha value is -1.49. The quantitative estimate of drug-likeness (QED) is 0.559. The van der Waals surface area contributed by atoms with Crippen molar-refractivity contribution in [3.05, 3.63) is 53.9 Å². The number of hydrogen-bond acceptors (Lipinski definition) is 3. The summed E-state index contributed by atoms with van der Waals surface area (Å²) in [6.45, 7) is 9.38. The number of aliphatic hydroxyl groups excluding tert-OH is 1.